The zero-order valence-corrected chi connectivity index (χ0v) is 10.9. The van der Waals surface area contributed by atoms with Gasteiger partial charge in [-0.15, -0.1) is 0 Å². The zero-order valence-electron chi connectivity index (χ0n) is 10.9. The van der Waals surface area contributed by atoms with Crippen molar-refractivity contribution in [1.29, 1.82) is 0 Å². The summed E-state index contributed by atoms with van der Waals surface area (Å²) >= 11 is 0. The van der Waals surface area contributed by atoms with Crippen molar-refractivity contribution in [1.82, 2.24) is 10.6 Å². The zero-order chi connectivity index (χ0) is 12.3. The predicted molar refractivity (Wildman–Crippen MR) is 66.8 cm³/mol. The fourth-order valence-electron chi connectivity index (χ4n) is 2.85. The molecule has 0 aromatic heterocycles. The van der Waals surface area contributed by atoms with Crippen molar-refractivity contribution in [2.75, 3.05) is 20.2 Å². The Balaban J connectivity index is 1.84. The Morgan fingerprint density at radius 1 is 1.35 bits per heavy atom. The molecule has 2 fully saturated rings. The van der Waals surface area contributed by atoms with Gasteiger partial charge in [0.1, 0.15) is 0 Å². The molecule has 0 spiro atoms. The number of carbonyl (C=O) groups excluding carboxylic acids is 1. The van der Waals surface area contributed by atoms with Crippen LogP contribution in [0.1, 0.15) is 39.0 Å². The molecule has 1 saturated heterocycles. The lowest BCUT2D eigenvalue weighted by Crippen LogP contribution is -2.48. The summed E-state index contributed by atoms with van der Waals surface area (Å²) < 4.78 is 5.33. The van der Waals surface area contributed by atoms with Gasteiger partial charge in [-0.3, -0.25) is 4.79 Å². The monoisotopic (exact) mass is 240 g/mol. The number of hydrogen-bond acceptors (Lipinski definition) is 3. The van der Waals surface area contributed by atoms with Crippen LogP contribution in [-0.4, -0.2) is 38.3 Å². The molecular weight excluding hydrogens is 216 g/mol. The molecule has 2 rings (SSSR count). The Kier molecular flexibility index (Phi) is 4.05. The highest BCUT2D eigenvalue weighted by atomic mass is 16.5. The van der Waals surface area contributed by atoms with Crippen LogP contribution in [0, 0.1) is 5.41 Å². The maximum atomic E-state index is 12.3. The SMILES string of the molecule is COC1CCC(NC(=O)C2(C)CCNCC2)C1. The van der Waals surface area contributed by atoms with Gasteiger partial charge < -0.3 is 15.4 Å². The Morgan fingerprint density at radius 2 is 2.06 bits per heavy atom. The molecule has 1 amide bonds. The second-order valence-electron chi connectivity index (χ2n) is 5.65. The van der Waals surface area contributed by atoms with E-state index in [-0.39, 0.29) is 11.3 Å². The van der Waals surface area contributed by atoms with Crippen molar-refractivity contribution >= 4 is 5.91 Å². The van der Waals surface area contributed by atoms with E-state index in [1.54, 1.807) is 7.11 Å². The molecule has 1 heterocycles. The molecule has 1 aliphatic carbocycles. The van der Waals surface area contributed by atoms with Gasteiger partial charge in [-0.05, 0) is 45.2 Å². The van der Waals surface area contributed by atoms with Gasteiger partial charge in [-0.2, -0.15) is 0 Å². The third kappa shape index (κ3) is 2.99. The van der Waals surface area contributed by atoms with Gasteiger partial charge in [0.2, 0.25) is 5.91 Å². The summed E-state index contributed by atoms with van der Waals surface area (Å²) in [6, 6.07) is 0.319. The first kappa shape index (κ1) is 12.8. The summed E-state index contributed by atoms with van der Waals surface area (Å²) in [5.41, 5.74) is -0.170. The molecule has 4 nitrogen and oxygen atoms in total. The van der Waals surface area contributed by atoms with E-state index in [9.17, 15) is 4.79 Å². The maximum Gasteiger partial charge on any atom is 0.226 e. The van der Waals surface area contributed by atoms with Crippen LogP contribution in [0.15, 0.2) is 0 Å². The lowest BCUT2D eigenvalue weighted by Gasteiger charge is -2.33. The van der Waals surface area contributed by atoms with Crippen molar-refractivity contribution in [3.8, 4) is 0 Å². The smallest absolute Gasteiger partial charge is 0.226 e. The van der Waals surface area contributed by atoms with E-state index in [1.807, 2.05) is 0 Å². The second kappa shape index (κ2) is 5.36. The van der Waals surface area contributed by atoms with Crippen molar-refractivity contribution in [3.05, 3.63) is 0 Å². The highest BCUT2D eigenvalue weighted by molar-refractivity contribution is 5.82. The first-order chi connectivity index (χ1) is 8.14. The highest BCUT2D eigenvalue weighted by Gasteiger charge is 2.36. The quantitative estimate of drug-likeness (QED) is 0.775. The van der Waals surface area contributed by atoms with E-state index in [4.69, 9.17) is 4.74 Å². The molecule has 1 saturated carbocycles. The van der Waals surface area contributed by atoms with Crippen LogP contribution in [-0.2, 0) is 9.53 Å². The highest BCUT2D eigenvalue weighted by Crippen LogP contribution is 2.29. The van der Waals surface area contributed by atoms with Gasteiger partial charge in [-0.25, -0.2) is 0 Å². The van der Waals surface area contributed by atoms with Crippen LogP contribution in [0.2, 0.25) is 0 Å². The van der Waals surface area contributed by atoms with Gasteiger partial charge in [0, 0.05) is 18.6 Å². The van der Waals surface area contributed by atoms with E-state index in [1.165, 1.54) is 0 Å². The third-order valence-corrected chi connectivity index (χ3v) is 4.31. The first-order valence-electron chi connectivity index (χ1n) is 6.68. The van der Waals surface area contributed by atoms with E-state index < -0.39 is 0 Å². The largest absolute Gasteiger partial charge is 0.381 e. The van der Waals surface area contributed by atoms with Crippen LogP contribution in [0.3, 0.4) is 0 Å². The van der Waals surface area contributed by atoms with Crippen molar-refractivity contribution < 1.29 is 9.53 Å². The molecule has 0 radical (unpaired) electrons. The molecule has 2 atom stereocenters. The number of hydrogen-bond donors (Lipinski definition) is 2. The van der Waals surface area contributed by atoms with E-state index >= 15 is 0 Å². The van der Waals surface area contributed by atoms with Crippen molar-refractivity contribution in [2.45, 2.75) is 51.2 Å². The third-order valence-electron chi connectivity index (χ3n) is 4.31. The molecule has 1 aliphatic heterocycles. The Hall–Kier alpha value is -0.610. The topological polar surface area (TPSA) is 50.4 Å². The fourth-order valence-corrected chi connectivity index (χ4v) is 2.85. The van der Waals surface area contributed by atoms with E-state index in [0.717, 1.165) is 45.2 Å². The summed E-state index contributed by atoms with van der Waals surface area (Å²) in [5, 5.41) is 6.51. The lowest BCUT2D eigenvalue weighted by molar-refractivity contribution is -0.132. The van der Waals surface area contributed by atoms with Gasteiger partial charge in [0.15, 0.2) is 0 Å². The average molecular weight is 240 g/mol. The predicted octanol–water partition coefficient (Wildman–Crippen LogP) is 1.06. The van der Waals surface area contributed by atoms with Gasteiger partial charge in [-0.1, -0.05) is 6.92 Å². The standard InChI is InChI=1S/C13H24N2O2/c1-13(5-7-14-8-6-13)12(16)15-10-3-4-11(9-10)17-2/h10-11,14H,3-9H2,1-2H3,(H,15,16). The van der Waals surface area contributed by atoms with E-state index in [2.05, 4.69) is 17.6 Å². The second-order valence-corrected chi connectivity index (χ2v) is 5.65. The number of amides is 1. The Bertz CT molecular complexity index is 275. The minimum Gasteiger partial charge on any atom is -0.381 e. The molecule has 0 bridgehead atoms. The average Bonchev–Trinajstić information content (AvgIpc) is 2.78. The number of ether oxygens (including phenoxy) is 1. The van der Waals surface area contributed by atoms with Gasteiger partial charge in [0.05, 0.1) is 6.10 Å². The fraction of sp³-hybridized carbons (Fsp3) is 0.923. The molecule has 2 aliphatic rings. The summed E-state index contributed by atoms with van der Waals surface area (Å²) in [5.74, 6) is 0.237. The summed E-state index contributed by atoms with van der Waals surface area (Å²) in [4.78, 5) is 12.3. The van der Waals surface area contributed by atoms with Crippen LogP contribution < -0.4 is 10.6 Å². The molecule has 17 heavy (non-hydrogen) atoms. The number of piperidine rings is 1. The Morgan fingerprint density at radius 3 is 2.65 bits per heavy atom. The number of methoxy groups -OCH3 is 1. The number of nitrogens with one attached hydrogen (secondary N) is 2. The summed E-state index contributed by atoms with van der Waals surface area (Å²) in [6.45, 7) is 4.00. The van der Waals surface area contributed by atoms with Crippen LogP contribution in [0.25, 0.3) is 0 Å². The van der Waals surface area contributed by atoms with Crippen LogP contribution in [0.4, 0.5) is 0 Å². The van der Waals surface area contributed by atoms with Gasteiger partial charge in [0.25, 0.3) is 0 Å². The molecule has 98 valence electrons. The number of carbonyl (C=O) groups is 1. The van der Waals surface area contributed by atoms with Crippen LogP contribution >= 0.6 is 0 Å². The summed E-state index contributed by atoms with van der Waals surface area (Å²) in [7, 11) is 1.75. The molecule has 4 heteroatoms. The molecule has 2 unspecified atom stereocenters. The molecule has 0 aromatic rings. The Labute approximate surface area is 103 Å². The van der Waals surface area contributed by atoms with Crippen LogP contribution in [0.5, 0.6) is 0 Å². The van der Waals surface area contributed by atoms with Crippen molar-refractivity contribution in [3.63, 3.8) is 0 Å². The molecular formula is C13H24N2O2. The maximum absolute atomic E-state index is 12.3. The summed E-state index contributed by atoms with van der Waals surface area (Å²) in [6.07, 6.45) is 5.31. The van der Waals surface area contributed by atoms with Crippen molar-refractivity contribution in [2.24, 2.45) is 5.41 Å². The lowest BCUT2D eigenvalue weighted by atomic mass is 9.80. The first-order valence-corrected chi connectivity index (χ1v) is 6.68. The number of rotatable bonds is 3. The minimum atomic E-state index is -0.170. The molecule has 0 aromatic carbocycles. The normalized spacial score (nSPS) is 32.4. The minimum absolute atomic E-state index is 0.170. The van der Waals surface area contributed by atoms with E-state index in [0.29, 0.717) is 12.1 Å². The van der Waals surface area contributed by atoms with Gasteiger partial charge >= 0.3 is 0 Å². The molecule has 2 N–H and O–H groups in total.